The third-order valence-electron chi connectivity index (χ3n) is 13.4. The number of aliphatic hydroxyl groups excluding tert-OH is 13. The highest BCUT2D eigenvalue weighted by Crippen LogP contribution is 2.20. The molecule has 0 aliphatic carbocycles. The lowest BCUT2D eigenvalue weighted by Crippen LogP contribution is -2.32. The van der Waals surface area contributed by atoms with Gasteiger partial charge >= 0.3 is 5.97 Å². The van der Waals surface area contributed by atoms with Crippen LogP contribution >= 0.6 is 0 Å². The van der Waals surface area contributed by atoms with Crippen molar-refractivity contribution in [3.63, 3.8) is 0 Å². The first-order valence-corrected chi connectivity index (χ1v) is 29.1. The van der Waals surface area contributed by atoms with Gasteiger partial charge in [0, 0.05) is 42.6 Å². The van der Waals surface area contributed by atoms with E-state index in [0.29, 0.717) is 19.4 Å². The number of carbonyl (C=O) groups excluding carboxylic acids is 1. The lowest BCUT2D eigenvalue weighted by Gasteiger charge is -2.25. The van der Waals surface area contributed by atoms with Crippen molar-refractivity contribution < 1.29 is 81.1 Å². The fourth-order valence-electron chi connectivity index (χ4n) is 8.18. The van der Waals surface area contributed by atoms with E-state index in [9.17, 15) is 76.0 Å². The number of aliphatic carboxylic acids is 1. The number of ketones is 1. The minimum Gasteiger partial charge on any atom is -0.478 e. The second kappa shape index (κ2) is 49.2. The Balaban J connectivity index is 4.51. The van der Waals surface area contributed by atoms with Gasteiger partial charge in [-0.1, -0.05) is 185 Å². The Labute approximate surface area is 494 Å². The molecule has 16 unspecified atom stereocenters. The molecule has 0 aromatic carbocycles. The second-order valence-electron chi connectivity index (χ2n) is 21.3. The summed E-state index contributed by atoms with van der Waals surface area (Å²) < 4.78 is 0. The number of rotatable bonds is 47. The summed E-state index contributed by atoms with van der Waals surface area (Å²) in [7, 11) is 0. The normalized spacial score (nSPS) is 19.5. The highest BCUT2D eigenvalue weighted by molar-refractivity contribution is 5.86. The zero-order chi connectivity index (χ0) is 62.4. The van der Waals surface area contributed by atoms with Crippen LogP contribution in [0.3, 0.4) is 0 Å². The van der Waals surface area contributed by atoms with Crippen LogP contribution in [-0.4, -0.2) is 169 Å². The van der Waals surface area contributed by atoms with Gasteiger partial charge in [0.05, 0.1) is 79.4 Å². The minimum absolute atomic E-state index is 0.0526. The number of carbonyl (C=O) groups is 2. The Bertz CT molecular complexity index is 2150. The number of hydrogen-bond donors (Lipinski definition) is 15. The van der Waals surface area contributed by atoms with E-state index >= 15 is 0 Å². The molecular formula is C66H103NO16. The maximum absolute atomic E-state index is 12.8. The van der Waals surface area contributed by atoms with Gasteiger partial charge in [0.2, 0.25) is 0 Å². The van der Waals surface area contributed by atoms with Crippen molar-refractivity contribution in [2.75, 3.05) is 6.54 Å². The maximum atomic E-state index is 12.8. The topological polar surface area (TPSA) is 343 Å². The molecule has 0 rings (SSSR count). The summed E-state index contributed by atoms with van der Waals surface area (Å²) in [6.45, 7) is 7.27. The molecule has 0 aliphatic rings. The average molecular weight is 1170 g/mol. The van der Waals surface area contributed by atoms with E-state index in [1.807, 2.05) is 55.5 Å². The molecule has 0 aromatic rings. The zero-order valence-electron chi connectivity index (χ0n) is 49.3. The monoisotopic (exact) mass is 1170 g/mol. The molecule has 0 bridgehead atoms. The van der Waals surface area contributed by atoms with Crippen LogP contribution in [0.4, 0.5) is 0 Å². The van der Waals surface area contributed by atoms with Crippen LogP contribution in [0.1, 0.15) is 124 Å². The lowest BCUT2D eigenvalue weighted by atomic mass is 9.88. The molecule has 16 N–H and O–H groups in total. The number of allylic oxidation sites excluding steroid dienone is 18. The molecule has 468 valence electrons. The van der Waals surface area contributed by atoms with Gasteiger partial charge in [-0.2, -0.15) is 0 Å². The third kappa shape index (κ3) is 44.1. The summed E-state index contributed by atoms with van der Waals surface area (Å²) in [5, 5.41) is 144. The molecule has 0 amide bonds. The fourth-order valence-corrected chi connectivity index (χ4v) is 8.18. The summed E-state index contributed by atoms with van der Waals surface area (Å²) in [6, 6.07) is 0. The first-order chi connectivity index (χ1) is 39.5. The molecule has 17 heteroatoms. The summed E-state index contributed by atoms with van der Waals surface area (Å²) >= 11 is 0. The van der Waals surface area contributed by atoms with Crippen molar-refractivity contribution in [1.82, 2.24) is 0 Å². The standard InChI is InChI=1S/C66H103NO16/c1-48(29-21-17-13-9-6-5-7-10-14-18-22-30-49(2)66(82)83)65(81)51(4)63(79)39-24-20-16-12-8-11-15-19-23-38-62(78)50(3)64(80)47-61(77)46-60(76)44-56(72)36-27-35-55(71)43-59(75)45-58(74)42-54(70)34-26-32-52(68)31-25-33-53(69)41-57(73)37-28-40-67/h5-12,14-16,18-27,29-31,34,36,39,48,50-63,65,68-79,81H,13,17,28,32-33,35,37-38,40-47,67H2,1-4H3,(H,82,83). The Morgan fingerprint density at radius 1 is 0.434 bits per heavy atom. The van der Waals surface area contributed by atoms with E-state index in [1.165, 1.54) is 37.3 Å². The zero-order valence-corrected chi connectivity index (χ0v) is 49.3. The van der Waals surface area contributed by atoms with Gasteiger partial charge in [-0.15, -0.1) is 0 Å². The predicted octanol–water partition coefficient (Wildman–Crippen LogP) is 6.23. The van der Waals surface area contributed by atoms with E-state index in [4.69, 9.17) is 10.8 Å². The van der Waals surface area contributed by atoms with E-state index in [0.717, 1.165) is 12.8 Å². The molecule has 0 saturated carbocycles. The Kier molecular flexibility index (Phi) is 46.2. The average Bonchev–Trinajstić information content (AvgIpc) is 3.42. The largest absolute Gasteiger partial charge is 0.478 e. The van der Waals surface area contributed by atoms with Gasteiger partial charge in [-0.25, -0.2) is 4.79 Å². The van der Waals surface area contributed by atoms with Crippen LogP contribution in [0.25, 0.3) is 0 Å². The van der Waals surface area contributed by atoms with Crippen LogP contribution in [0, 0.1) is 17.8 Å². The van der Waals surface area contributed by atoms with Crippen LogP contribution in [0.2, 0.25) is 0 Å². The number of nitrogens with two attached hydrogens (primary N) is 1. The maximum Gasteiger partial charge on any atom is 0.331 e. The third-order valence-corrected chi connectivity index (χ3v) is 13.4. The molecule has 0 radical (unpaired) electrons. The SMILES string of the molecule is CC(=CC=CC=CC=CC=CCCC=CC(C)C(O)C(C)C(O)C=CC=CC=CC=CC=CCC(O)C(C)C(=O)CC(O)CC(O)CC(O)C=CCC(O)CC(O)CC(O)CC(O)C=CCC(O)C=CCC(O)CC(O)CCCN)C(=O)O. The van der Waals surface area contributed by atoms with Crippen LogP contribution in [0.5, 0.6) is 0 Å². The summed E-state index contributed by atoms with van der Waals surface area (Å²) in [4.78, 5) is 23.6. The molecule has 17 nitrogen and oxygen atoms in total. The minimum atomic E-state index is -1.21. The van der Waals surface area contributed by atoms with Crippen molar-refractivity contribution in [3.8, 4) is 0 Å². The highest BCUT2D eigenvalue weighted by atomic mass is 16.4. The number of hydrogen-bond acceptors (Lipinski definition) is 16. The molecule has 0 fully saturated rings. The van der Waals surface area contributed by atoms with Crippen LogP contribution in [0.15, 0.2) is 170 Å². The van der Waals surface area contributed by atoms with Gasteiger partial charge in [0.25, 0.3) is 0 Å². The Morgan fingerprint density at radius 2 is 0.880 bits per heavy atom. The quantitative estimate of drug-likeness (QED) is 0.0139. The van der Waals surface area contributed by atoms with Gasteiger partial charge < -0.3 is 77.2 Å². The smallest absolute Gasteiger partial charge is 0.331 e. The van der Waals surface area contributed by atoms with Gasteiger partial charge in [0.1, 0.15) is 5.78 Å². The second-order valence-corrected chi connectivity index (χ2v) is 21.3. The van der Waals surface area contributed by atoms with Gasteiger partial charge in [-0.3, -0.25) is 4.79 Å². The highest BCUT2D eigenvalue weighted by Gasteiger charge is 2.26. The van der Waals surface area contributed by atoms with Crippen LogP contribution < -0.4 is 5.73 Å². The van der Waals surface area contributed by atoms with Crippen LogP contribution in [-0.2, 0) is 9.59 Å². The Morgan fingerprint density at radius 3 is 1.43 bits per heavy atom. The number of Topliss-reactive ketones (excluding diaryl/α,β-unsaturated/α-hetero) is 1. The summed E-state index contributed by atoms with van der Waals surface area (Å²) in [6.07, 6.45) is 36.9. The van der Waals surface area contributed by atoms with Crippen molar-refractivity contribution >= 4 is 11.8 Å². The van der Waals surface area contributed by atoms with Crippen molar-refractivity contribution in [2.45, 2.75) is 203 Å². The number of unbranched alkanes of at least 4 members (excludes halogenated alkanes) is 1. The first-order valence-electron chi connectivity index (χ1n) is 29.1. The molecule has 16 atom stereocenters. The number of carboxylic acids is 1. The van der Waals surface area contributed by atoms with E-state index < -0.39 is 97.2 Å². The first kappa shape index (κ1) is 77.9. The van der Waals surface area contributed by atoms with Gasteiger partial charge in [0.15, 0.2) is 0 Å². The predicted molar refractivity (Wildman–Crippen MR) is 329 cm³/mol. The van der Waals surface area contributed by atoms with Gasteiger partial charge in [-0.05, 0) is 90.5 Å². The fraction of sp³-hybridized carbons (Fsp3) is 0.545. The number of aliphatic hydroxyl groups is 13. The van der Waals surface area contributed by atoms with Crippen molar-refractivity contribution in [2.24, 2.45) is 23.5 Å². The molecule has 83 heavy (non-hydrogen) atoms. The summed E-state index contributed by atoms with van der Waals surface area (Å²) in [5.74, 6) is -2.66. The van der Waals surface area contributed by atoms with E-state index in [1.54, 1.807) is 98.9 Å². The van der Waals surface area contributed by atoms with Crippen molar-refractivity contribution in [3.05, 3.63) is 170 Å². The lowest BCUT2D eigenvalue weighted by molar-refractivity contribution is -0.132. The molecule has 0 aliphatic heterocycles. The molecular weight excluding hydrogens is 1060 g/mol. The Hall–Kier alpha value is -5.06. The van der Waals surface area contributed by atoms with E-state index in [2.05, 4.69) is 0 Å². The number of carboxylic acid groups (broad SMARTS) is 1. The van der Waals surface area contributed by atoms with E-state index in [-0.39, 0.29) is 87.9 Å². The van der Waals surface area contributed by atoms with Crippen molar-refractivity contribution in [1.29, 1.82) is 0 Å². The summed E-state index contributed by atoms with van der Waals surface area (Å²) in [5.41, 5.74) is 5.69. The molecule has 0 spiro atoms. The molecule has 0 heterocycles. The molecule has 0 saturated heterocycles. The molecule has 0 aromatic heterocycles.